The number of nitrogens with zero attached hydrogens (tertiary/aromatic N) is 2. The van der Waals surface area contributed by atoms with E-state index < -0.39 is 23.8 Å². The summed E-state index contributed by atoms with van der Waals surface area (Å²) in [6, 6.07) is 17.7. The second kappa shape index (κ2) is 10.4. The lowest BCUT2D eigenvalue weighted by molar-refractivity contribution is -0.901. The molecule has 168 valence electrons. The van der Waals surface area contributed by atoms with E-state index in [1.807, 2.05) is 36.4 Å². The van der Waals surface area contributed by atoms with Crippen LogP contribution < -0.4 is 10.4 Å². The smallest absolute Gasteiger partial charge is 0.407 e. The lowest BCUT2D eigenvalue weighted by Gasteiger charge is -2.32. The number of hydrogen-bond donors (Lipinski definition) is 2. The Morgan fingerprint density at radius 2 is 1.65 bits per heavy atom. The van der Waals surface area contributed by atoms with Crippen molar-refractivity contribution in [3.63, 3.8) is 0 Å². The van der Waals surface area contributed by atoms with Gasteiger partial charge in [-0.25, -0.2) is 9.39 Å². The van der Waals surface area contributed by atoms with E-state index in [0.29, 0.717) is 12.0 Å². The number of nitrogens with one attached hydrogen (secondary N) is 1. The summed E-state index contributed by atoms with van der Waals surface area (Å²) in [6.45, 7) is 5.47. The van der Waals surface area contributed by atoms with Crippen molar-refractivity contribution >= 4 is 12.0 Å². The number of hydrogen-bond acceptors (Lipinski definition) is 5. The summed E-state index contributed by atoms with van der Waals surface area (Å²) in [5.74, 6) is -0.363. The Labute approximate surface area is 184 Å². The summed E-state index contributed by atoms with van der Waals surface area (Å²) >= 11 is 0. The van der Waals surface area contributed by atoms with Crippen LogP contribution in [-0.2, 0) is 11.2 Å². The van der Waals surface area contributed by atoms with Crippen LogP contribution >= 0.6 is 0 Å². The Kier molecular flexibility index (Phi) is 8.19. The minimum atomic E-state index is -0.963. The fourth-order valence-corrected chi connectivity index (χ4v) is 3.12. The minimum Gasteiger partial charge on any atom is -0.855 e. The third kappa shape index (κ3) is 8.78. The van der Waals surface area contributed by atoms with E-state index in [-0.39, 0.29) is 17.0 Å². The van der Waals surface area contributed by atoms with Crippen LogP contribution in [0.1, 0.15) is 31.9 Å². The molecule has 0 saturated carbocycles. The maximum atomic E-state index is 12.5. The van der Waals surface area contributed by atoms with Gasteiger partial charge in [0, 0.05) is 0 Å². The van der Waals surface area contributed by atoms with Gasteiger partial charge in [-0.2, -0.15) is 0 Å². The van der Waals surface area contributed by atoms with Gasteiger partial charge in [0.2, 0.25) is 0 Å². The first-order chi connectivity index (χ1) is 14.5. The quantitative estimate of drug-likeness (QED) is 0.293. The molecule has 7 heteroatoms. The van der Waals surface area contributed by atoms with Crippen LogP contribution in [0.5, 0.6) is 0 Å². The molecule has 0 radical (unpaired) electrons. The molecular weight excluding hydrogens is 394 g/mol. The molecular formula is C24H33N3O4. The van der Waals surface area contributed by atoms with Crippen LogP contribution in [0.15, 0.2) is 65.8 Å². The van der Waals surface area contributed by atoms with Crippen LogP contribution in [0.3, 0.4) is 0 Å². The van der Waals surface area contributed by atoms with Gasteiger partial charge >= 0.3 is 6.09 Å². The van der Waals surface area contributed by atoms with Gasteiger partial charge in [0.25, 0.3) is 0 Å². The molecule has 0 unspecified atom stereocenters. The van der Waals surface area contributed by atoms with Crippen molar-refractivity contribution in [2.24, 2.45) is 5.10 Å². The average Bonchev–Trinajstić information content (AvgIpc) is 2.66. The second-order valence-electron chi connectivity index (χ2n) is 9.08. The molecule has 0 bridgehead atoms. The van der Waals surface area contributed by atoms with Crippen molar-refractivity contribution in [1.82, 2.24) is 5.32 Å². The first-order valence-corrected chi connectivity index (χ1v) is 10.3. The van der Waals surface area contributed by atoms with Crippen LogP contribution in [0.25, 0.3) is 0 Å². The fraction of sp³-hybridized carbons (Fsp3) is 0.417. The highest BCUT2D eigenvalue weighted by atomic mass is 16.6. The molecule has 0 aliphatic carbocycles. The monoisotopic (exact) mass is 427 g/mol. The van der Waals surface area contributed by atoms with Crippen LogP contribution in [-0.4, -0.2) is 60.1 Å². The number of amides is 1. The predicted molar refractivity (Wildman–Crippen MR) is 119 cm³/mol. The van der Waals surface area contributed by atoms with E-state index in [0.717, 1.165) is 5.56 Å². The van der Waals surface area contributed by atoms with E-state index >= 15 is 0 Å². The van der Waals surface area contributed by atoms with Crippen molar-refractivity contribution in [1.29, 1.82) is 0 Å². The highest BCUT2D eigenvalue weighted by molar-refractivity contribution is 5.89. The number of aliphatic hydroxyl groups excluding tert-OH is 1. The zero-order chi connectivity index (χ0) is 23.1. The Morgan fingerprint density at radius 3 is 2.19 bits per heavy atom. The van der Waals surface area contributed by atoms with Crippen molar-refractivity contribution in [3.8, 4) is 0 Å². The molecule has 0 heterocycles. The molecule has 2 aromatic carbocycles. The second-order valence-corrected chi connectivity index (χ2v) is 9.08. The van der Waals surface area contributed by atoms with Gasteiger partial charge in [-0.15, -0.1) is 0 Å². The molecule has 0 saturated heterocycles. The third-order valence-electron chi connectivity index (χ3n) is 4.48. The summed E-state index contributed by atoms with van der Waals surface area (Å²) in [6.07, 6.45) is -1.15. The molecule has 0 aliphatic rings. The van der Waals surface area contributed by atoms with Gasteiger partial charge in [-0.1, -0.05) is 65.8 Å². The van der Waals surface area contributed by atoms with Crippen molar-refractivity contribution in [3.05, 3.63) is 71.8 Å². The van der Waals surface area contributed by atoms with Gasteiger partial charge < -0.3 is 20.3 Å². The van der Waals surface area contributed by atoms with E-state index in [1.54, 1.807) is 59.1 Å². The topological polar surface area (TPSA) is 94.0 Å². The lowest BCUT2D eigenvalue weighted by Crippen LogP contribution is -2.53. The highest BCUT2D eigenvalue weighted by Gasteiger charge is 2.30. The minimum absolute atomic E-state index is 0.0871. The lowest BCUT2D eigenvalue weighted by atomic mass is 10.0. The maximum Gasteiger partial charge on any atom is 0.407 e. The Hall–Kier alpha value is -2.90. The molecule has 0 spiro atoms. The number of aliphatic hydroxyl groups is 1. The summed E-state index contributed by atoms with van der Waals surface area (Å²) < 4.78 is 5.28. The fourth-order valence-electron chi connectivity index (χ4n) is 3.12. The zero-order valence-electron chi connectivity index (χ0n) is 18.9. The molecule has 1 amide bonds. The number of ether oxygens (including phenoxy) is 1. The van der Waals surface area contributed by atoms with Crippen LogP contribution in [0.4, 0.5) is 4.79 Å². The standard InChI is InChI=1S/C24H33N3O4/c1-24(2,3)31-23(30)25-20(16-18-12-8-6-9-13-18)21(28)17-27(4,5)26-22(29)19-14-10-7-11-15-19/h6-15,20-21,28H,16-17H2,1-5H3,(H-,25,26,29,30)/t20-,21-/m0/s1. The van der Waals surface area contributed by atoms with Crippen molar-refractivity contribution in [2.45, 2.75) is 44.9 Å². The Balaban J connectivity index is 2.16. The summed E-state index contributed by atoms with van der Waals surface area (Å²) in [5, 5.41) is 30.5. The molecule has 2 aromatic rings. The van der Waals surface area contributed by atoms with Crippen LogP contribution in [0.2, 0.25) is 0 Å². The van der Waals surface area contributed by atoms with Gasteiger partial charge in [-0.3, -0.25) is 0 Å². The van der Waals surface area contributed by atoms with Crippen molar-refractivity contribution < 1.29 is 24.3 Å². The van der Waals surface area contributed by atoms with Crippen LogP contribution in [0, 0.1) is 0 Å². The third-order valence-corrected chi connectivity index (χ3v) is 4.48. The van der Waals surface area contributed by atoms with E-state index in [9.17, 15) is 15.0 Å². The molecule has 31 heavy (non-hydrogen) atoms. The number of likely N-dealkylation sites (N-methyl/N-ethyl adjacent to an activating group) is 1. The number of benzene rings is 2. The van der Waals surface area contributed by atoms with Gasteiger partial charge in [0.15, 0.2) is 0 Å². The Bertz CT molecular complexity index is 861. The first-order valence-electron chi connectivity index (χ1n) is 10.3. The van der Waals surface area contributed by atoms with E-state index in [2.05, 4.69) is 10.4 Å². The average molecular weight is 428 g/mol. The molecule has 0 aromatic heterocycles. The number of quaternary nitrogens is 1. The number of alkyl carbamates (subject to hydrolysis) is 1. The Morgan fingerprint density at radius 1 is 1.10 bits per heavy atom. The van der Waals surface area contributed by atoms with Crippen molar-refractivity contribution in [2.75, 3.05) is 20.6 Å². The normalized spacial score (nSPS) is 14.6. The van der Waals surface area contributed by atoms with Gasteiger partial charge in [0.1, 0.15) is 18.2 Å². The summed E-state index contributed by atoms with van der Waals surface area (Å²) in [7, 11) is 3.47. The molecule has 0 aliphatic heterocycles. The summed E-state index contributed by atoms with van der Waals surface area (Å²) in [4.78, 5) is 12.4. The number of carbonyl (C=O) groups is 1. The molecule has 2 N–H and O–H groups in total. The SMILES string of the molecule is CC(C)(C)OC(=O)N[C@@H](Cc1ccccc1)[C@@H](O)C[N+](C)(C)/N=C(\[O-])c1ccccc1. The first kappa shape index (κ1) is 24.4. The molecule has 2 atom stereocenters. The number of rotatable bonds is 8. The molecule has 7 nitrogen and oxygen atoms in total. The largest absolute Gasteiger partial charge is 0.855 e. The van der Waals surface area contributed by atoms with E-state index in [1.165, 1.54) is 0 Å². The predicted octanol–water partition coefficient (Wildman–Crippen LogP) is 2.28. The molecule has 0 fully saturated rings. The van der Waals surface area contributed by atoms with Gasteiger partial charge in [0.05, 0.1) is 26.0 Å². The highest BCUT2D eigenvalue weighted by Crippen LogP contribution is 2.13. The maximum absolute atomic E-state index is 12.5. The molecule has 2 rings (SSSR count). The van der Waals surface area contributed by atoms with E-state index in [4.69, 9.17) is 4.74 Å². The number of carbonyl (C=O) groups excluding carboxylic acids is 1. The zero-order valence-corrected chi connectivity index (χ0v) is 18.9. The summed E-state index contributed by atoms with van der Waals surface area (Å²) in [5.41, 5.74) is 0.792. The van der Waals surface area contributed by atoms with Gasteiger partial charge in [-0.05, 0) is 38.3 Å².